The van der Waals surface area contributed by atoms with Gasteiger partial charge in [-0.05, 0) is 25.7 Å². The number of ether oxygens (including phenoxy) is 1. The first-order valence-electron chi connectivity index (χ1n) is 6.44. The quantitative estimate of drug-likeness (QED) is 0.587. The third-order valence-corrected chi connectivity index (χ3v) is 2.85. The standard InChI is InChI=1S/C12H20N2O5/c15-10(5-4-9-3-1-2-6-19-9)13-7-11(16)14-8-12(17)18/h9H,1-8H2,(H,13,15)(H,14,16)(H,17,18). The van der Waals surface area contributed by atoms with Crippen LogP contribution >= 0.6 is 0 Å². The monoisotopic (exact) mass is 272 g/mol. The molecule has 7 heteroatoms. The molecule has 108 valence electrons. The normalized spacial score (nSPS) is 18.6. The zero-order chi connectivity index (χ0) is 14.1. The Morgan fingerprint density at radius 3 is 2.47 bits per heavy atom. The van der Waals surface area contributed by atoms with Gasteiger partial charge < -0.3 is 20.5 Å². The molecule has 0 aromatic carbocycles. The van der Waals surface area contributed by atoms with E-state index in [0.29, 0.717) is 12.8 Å². The van der Waals surface area contributed by atoms with Gasteiger partial charge in [-0.2, -0.15) is 0 Å². The molecule has 19 heavy (non-hydrogen) atoms. The van der Waals surface area contributed by atoms with Crippen LogP contribution in [0.1, 0.15) is 32.1 Å². The minimum Gasteiger partial charge on any atom is -0.480 e. The van der Waals surface area contributed by atoms with E-state index in [1.54, 1.807) is 0 Å². The molecule has 0 aromatic heterocycles. The van der Waals surface area contributed by atoms with Crippen LogP contribution in [-0.4, -0.2) is 48.7 Å². The highest BCUT2D eigenvalue weighted by Crippen LogP contribution is 2.16. The van der Waals surface area contributed by atoms with Gasteiger partial charge in [0.05, 0.1) is 12.6 Å². The summed E-state index contributed by atoms with van der Waals surface area (Å²) < 4.78 is 5.49. The fourth-order valence-electron chi connectivity index (χ4n) is 1.83. The van der Waals surface area contributed by atoms with Gasteiger partial charge in [-0.1, -0.05) is 0 Å². The Morgan fingerprint density at radius 2 is 1.84 bits per heavy atom. The number of rotatable bonds is 7. The van der Waals surface area contributed by atoms with Crippen molar-refractivity contribution in [2.45, 2.75) is 38.2 Å². The number of carboxylic acids is 1. The lowest BCUT2D eigenvalue weighted by atomic mass is 10.0. The van der Waals surface area contributed by atoms with Crippen molar-refractivity contribution in [3.8, 4) is 0 Å². The van der Waals surface area contributed by atoms with Crippen molar-refractivity contribution in [1.29, 1.82) is 0 Å². The van der Waals surface area contributed by atoms with Crippen LogP contribution in [0.15, 0.2) is 0 Å². The number of aliphatic carboxylic acids is 1. The maximum absolute atomic E-state index is 11.5. The molecule has 7 nitrogen and oxygen atoms in total. The first-order valence-corrected chi connectivity index (χ1v) is 6.44. The van der Waals surface area contributed by atoms with Crippen molar-refractivity contribution in [2.24, 2.45) is 0 Å². The number of hydrogen-bond donors (Lipinski definition) is 3. The maximum atomic E-state index is 11.5. The zero-order valence-corrected chi connectivity index (χ0v) is 10.8. The summed E-state index contributed by atoms with van der Waals surface area (Å²) in [6.07, 6.45) is 4.29. The zero-order valence-electron chi connectivity index (χ0n) is 10.8. The summed E-state index contributed by atoms with van der Waals surface area (Å²) in [5.74, 6) is -1.85. The van der Waals surface area contributed by atoms with Crippen molar-refractivity contribution < 1.29 is 24.2 Å². The van der Waals surface area contributed by atoms with Crippen LogP contribution in [0.5, 0.6) is 0 Å². The van der Waals surface area contributed by atoms with Gasteiger partial charge in [0.15, 0.2) is 0 Å². The van der Waals surface area contributed by atoms with Crippen molar-refractivity contribution in [3.05, 3.63) is 0 Å². The molecule has 0 aromatic rings. The summed E-state index contributed by atoms with van der Waals surface area (Å²) in [6, 6.07) is 0. The Hall–Kier alpha value is -1.63. The molecule has 1 fully saturated rings. The summed E-state index contributed by atoms with van der Waals surface area (Å²) in [7, 11) is 0. The predicted octanol–water partition coefficient (Wildman–Crippen LogP) is -0.347. The Bertz CT molecular complexity index is 326. The highest BCUT2D eigenvalue weighted by Gasteiger charge is 2.15. The van der Waals surface area contributed by atoms with E-state index in [-0.39, 0.29) is 18.6 Å². The van der Waals surface area contributed by atoms with Crippen molar-refractivity contribution in [2.75, 3.05) is 19.7 Å². The van der Waals surface area contributed by atoms with E-state index in [1.165, 1.54) is 0 Å². The van der Waals surface area contributed by atoms with Crippen LogP contribution < -0.4 is 10.6 Å². The fourth-order valence-corrected chi connectivity index (χ4v) is 1.83. The molecular formula is C12H20N2O5. The molecule has 1 heterocycles. The molecule has 0 radical (unpaired) electrons. The summed E-state index contributed by atoms with van der Waals surface area (Å²) in [4.78, 5) is 32.8. The predicted molar refractivity (Wildman–Crippen MR) is 66.5 cm³/mol. The second kappa shape index (κ2) is 8.47. The molecule has 0 spiro atoms. The van der Waals surface area contributed by atoms with E-state index in [4.69, 9.17) is 9.84 Å². The summed E-state index contributed by atoms with van der Waals surface area (Å²) in [5.41, 5.74) is 0. The maximum Gasteiger partial charge on any atom is 0.322 e. The lowest BCUT2D eigenvalue weighted by molar-refractivity contribution is -0.137. The van der Waals surface area contributed by atoms with Crippen LogP contribution in [0.2, 0.25) is 0 Å². The van der Waals surface area contributed by atoms with Crippen LogP contribution in [-0.2, 0) is 19.1 Å². The summed E-state index contributed by atoms with van der Waals surface area (Å²) in [5, 5.41) is 13.0. The Balaban J connectivity index is 2.06. The van der Waals surface area contributed by atoms with E-state index >= 15 is 0 Å². The molecule has 1 rings (SSSR count). The third-order valence-electron chi connectivity index (χ3n) is 2.85. The van der Waals surface area contributed by atoms with Crippen molar-refractivity contribution in [3.63, 3.8) is 0 Å². The molecule has 0 bridgehead atoms. The van der Waals surface area contributed by atoms with Crippen LogP contribution in [0, 0.1) is 0 Å². The highest BCUT2D eigenvalue weighted by atomic mass is 16.5. The van der Waals surface area contributed by atoms with Crippen LogP contribution in [0.3, 0.4) is 0 Å². The molecule has 0 aliphatic carbocycles. The molecule has 1 atom stereocenters. The van der Waals surface area contributed by atoms with E-state index < -0.39 is 18.4 Å². The van der Waals surface area contributed by atoms with Gasteiger partial charge in [-0.25, -0.2) is 0 Å². The number of amides is 2. The number of carbonyl (C=O) groups excluding carboxylic acids is 2. The Kier molecular flexibility index (Phi) is 6.88. The topological polar surface area (TPSA) is 105 Å². The van der Waals surface area contributed by atoms with Gasteiger partial charge in [-0.3, -0.25) is 14.4 Å². The van der Waals surface area contributed by atoms with Crippen molar-refractivity contribution in [1.82, 2.24) is 10.6 Å². The number of carboxylic acid groups (broad SMARTS) is 1. The minimum atomic E-state index is -1.12. The number of hydrogen-bond acceptors (Lipinski definition) is 4. The molecular weight excluding hydrogens is 252 g/mol. The van der Waals surface area contributed by atoms with E-state index in [1.807, 2.05) is 0 Å². The molecule has 1 unspecified atom stereocenters. The fraction of sp³-hybridized carbons (Fsp3) is 0.750. The van der Waals surface area contributed by atoms with Gasteiger partial charge in [-0.15, -0.1) is 0 Å². The van der Waals surface area contributed by atoms with Crippen molar-refractivity contribution >= 4 is 17.8 Å². The molecule has 2 amide bonds. The number of nitrogens with one attached hydrogen (secondary N) is 2. The average Bonchev–Trinajstić information content (AvgIpc) is 2.41. The highest BCUT2D eigenvalue weighted by molar-refractivity contribution is 5.86. The second-order valence-electron chi connectivity index (χ2n) is 4.47. The summed E-state index contributed by atoms with van der Waals surface area (Å²) in [6.45, 7) is 0.117. The first kappa shape index (κ1) is 15.4. The molecule has 0 saturated carbocycles. The number of carbonyl (C=O) groups is 3. The first-order chi connectivity index (χ1) is 9.08. The van der Waals surface area contributed by atoms with Gasteiger partial charge in [0, 0.05) is 13.0 Å². The Morgan fingerprint density at radius 1 is 1.11 bits per heavy atom. The van der Waals surface area contributed by atoms with Gasteiger partial charge in [0.1, 0.15) is 6.54 Å². The molecule has 1 aliphatic rings. The third kappa shape index (κ3) is 7.40. The average molecular weight is 272 g/mol. The molecule has 1 saturated heterocycles. The van der Waals surface area contributed by atoms with Gasteiger partial charge in [0.2, 0.25) is 11.8 Å². The van der Waals surface area contributed by atoms with E-state index in [2.05, 4.69) is 10.6 Å². The summed E-state index contributed by atoms with van der Waals surface area (Å²) >= 11 is 0. The SMILES string of the molecule is O=C(O)CNC(=O)CNC(=O)CCC1CCCCO1. The Labute approximate surface area is 111 Å². The van der Waals surface area contributed by atoms with Gasteiger partial charge >= 0.3 is 5.97 Å². The van der Waals surface area contributed by atoms with Crippen LogP contribution in [0.25, 0.3) is 0 Å². The largest absolute Gasteiger partial charge is 0.480 e. The smallest absolute Gasteiger partial charge is 0.322 e. The lowest BCUT2D eigenvalue weighted by Crippen LogP contribution is -2.39. The van der Waals surface area contributed by atoms with E-state index in [9.17, 15) is 14.4 Å². The second-order valence-corrected chi connectivity index (χ2v) is 4.47. The lowest BCUT2D eigenvalue weighted by Gasteiger charge is -2.22. The minimum absolute atomic E-state index is 0.139. The molecule has 3 N–H and O–H groups in total. The van der Waals surface area contributed by atoms with E-state index in [0.717, 1.165) is 25.9 Å². The van der Waals surface area contributed by atoms with Gasteiger partial charge in [0.25, 0.3) is 0 Å². The van der Waals surface area contributed by atoms with Crippen LogP contribution in [0.4, 0.5) is 0 Å². The molecule has 1 aliphatic heterocycles.